The zero-order valence-corrected chi connectivity index (χ0v) is 25.8. The lowest BCUT2D eigenvalue weighted by Crippen LogP contribution is -2.60. The molecular formula is C32H36N10O3. The second-order valence-electron chi connectivity index (χ2n) is 13.0. The fourth-order valence-electron chi connectivity index (χ4n) is 6.47. The monoisotopic (exact) mass is 608 g/mol. The van der Waals surface area contributed by atoms with Crippen molar-refractivity contribution < 1.29 is 14.3 Å². The van der Waals surface area contributed by atoms with Crippen molar-refractivity contribution in [2.45, 2.75) is 63.5 Å². The van der Waals surface area contributed by atoms with Crippen LogP contribution in [0.3, 0.4) is 0 Å². The summed E-state index contributed by atoms with van der Waals surface area (Å²) in [6.45, 7) is 7.42. The van der Waals surface area contributed by atoms with Gasteiger partial charge in [-0.2, -0.15) is 0 Å². The summed E-state index contributed by atoms with van der Waals surface area (Å²) >= 11 is 0. The topological polar surface area (TPSA) is 143 Å². The number of amides is 3. The van der Waals surface area contributed by atoms with Crippen LogP contribution >= 0.6 is 0 Å². The van der Waals surface area contributed by atoms with Crippen molar-refractivity contribution in [3.63, 3.8) is 0 Å². The molecule has 4 aromatic rings. The van der Waals surface area contributed by atoms with Gasteiger partial charge in [-0.05, 0) is 63.6 Å². The molecule has 2 aliphatic carbocycles. The Bertz CT molecular complexity index is 1850. The zero-order chi connectivity index (χ0) is 31.0. The molecule has 4 fully saturated rings. The van der Waals surface area contributed by atoms with Crippen LogP contribution in [0.15, 0.2) is 36.8 Å². The Kier molecular flexibility index (Phi) is 6.31. The lowest BCUT2D eigenvalue weighted by molar-refractivity contribution is -0.117. The molecule has 0 bridgehead atoms. The van der Waals surface area contributed by atoms with Gasteiger partial charge in [0.1, 0.15) is 28.8 Å². The molecule has 8 rings (SSSR count). The first-order valence-electron chi connectivity index (χ1n) is 15.6. The molecule has 3 amide bonds. The van der Waals surface area contributed by atoms with Crippen LogP contribution in [0.4, 0.5) is 22.1 Å². The van der Waals surface area contributed by atoms with Crippen LogP contribution in [0.2, 0.25) is 0 Å². The van der Waals surface area contributed by atoms with Crippen LogP contribution in [0, 0.1) is 19.8 Å². The average Bonchev–Trinajstić information content (AvgIpc) is 3.91. The number of fused-ring (bicyclic) bond motifs is 1. The van der Waals surface area contributed by atoms with Gasteiger partial charge in [0.25, 0.3) is 0 Å². The molecule has 2 N–H and O–H groups in total. The number of aromatic nitrogens is 6. The second-order valence-corrected chi connectivity index (χ2v) is 13.0. The molecule has 2 saturated heterocycles. The van der Waals surface area contributed by atoms with Crippen LogP contribution in [-0.4, -0.2) is 78.5 Å². The van der Waals surface area contributed by atoms with Crippen LogP contribution in [0.25, 0.3) is 5.65 Å². The summed E-state index contributed by atoms with van der Waals surface area (Å²) in [7, 11) is 1.86. The van der Waals surface area contributed by atoms with E-state index in [0.29, 0.717) is 55.4 Å². The SMILES string of the molecule is Cc1ccnc(C2CC2C(=O)Nc2cc(N[C@H](C)c3cn4cc(C5CC5)cc(N5CC6(COC6)N(C)C5=O)c4n3)nc(C)n2)n1. The summed E-state index contributed by atoms with van der Waals surface area (Å²) in [6, 6.07) is 5.50. The highest BCUT2D eigenvalue weighted by molar-refractivity contribution is 5.99. The Hall–Kier alpha value is -4.65. The smallest absolute Gasteiger partial charge is 0.325 e. The lowest BCUT2D eigenvalue weighted by Gasteiger charge is -2.41. The van der Waals surface area contributed by atoms with Gasteiger partial charge in [0.05, 0.1) is 37.2 Å². The molecule has 4 aromatic heterocycles. The van der Waals surface area contributed by atoms with E-state index in [1.54, 1.807) is 19.2 Å². The number of hydrogen-bond donors (Lipinski definition) is 2. The number of carbonyl (C=O) groups excluding carboxylic acids is 2. The normalized spacial score (nSPS) is 22.5. The van der Waals surface area contributed by atoms with Gasteiger partial charge in [-0.25, -0.2) is 29.7 Å². The second kappa shape index (κ2) is 10.2. The summed E-state index contributed by atoms with van der Waals surface area (Å²) in [5, 5.41) is 6.41. The minimum atomic E-state index is -0.277. The van der Waals surface area contributed by atoms with Gasteiger partial charge < -0.3 is 24.7 Å². The van der Waals surface area contributed by atoms with Crippen molar-refractivity contribution in [1.29, 1.82) is 0 Å². The van der Waals surface area contributed by atoms with E-state index in [-0.39, 0.29) is 35.4 Å². The van der Waals surface area contributed by atoms with E-state index in [1.165, 1.54) is 5.56 Å². The molecule has 2 aliphatic heterocycles. The summed E-state index contributed by atoms with van der Waals surface area (Å²) in [6.07, 6.45) is 8.92. The number of anilines is 3. The quantitative estimate of drug-likeness (QED) is 0.304. The summed E-state index contributed by atoms with van der Waals surface area (Å²) in [4.78, 5) is 53.0. The minimum Gasteiger partial charge on any atom is -0.376 e. The maximum Gasteiger partial charge on any atom is 0.325 e. The molecule has 2 unspecified atom stereocenters. The van der Waals surface area contributed by atoms with Crippen molar-refractivity contribution in [3.05, 3.63) is 65.4 Å². The fourth-order valence-corrected chi connectivity index (χ4v) is 6.47. The Morgan fingerprint density at radius 2 is 1.89 bits per heavy atom. The first-order valence-corrected chi connectivity index (χ1v) is 15.6. The Balaban J connectivity index is 1.02. The summed E-state index contributed by atoms with van der Waals surface area (Å²) in [5.41, 5.74) is 4.22. The summed E-state index contributed by atoms with van der Waals surface area (Å²) < 4.78 is 7.55. The van der Waals surface area contributed by atoms with Gasteiger partial charge in [-0.3, -0.25) is 9.69 Å². The number of hydrogen-bond acceptors (Lipinski definition) is 9. The largest absolute Gasteiger partial charge is 0.376 e. The van der Waals surface area contributed by atoms with E-state index < -0.39 is 0 Å². The van der Waals surface area contributed by atoms with E-state index in [1.807, 2.05) is 47.4 Å². The van der Waals surface area contributed by atoms with Gasteiger partial charge in [0, 0.05) is 49.2 Å². The third-order valence-corrected chi connectivity index (χ3v) is 9.50. The van der Waals surface area contributed by atoms with E-state index in [0.717, 1.165) is 35.6 Å². The summed E-state index contributed by atoms with van der Waals surface area (Å²) in [5.74, 6) is 2.52. The van der Waals surface area contributed by atoms with Gasteiger partial charge in [-0.1, -0.05) is 0 Å². The number of imidazole rings is 1. The molecule has 0 radical (unpaired) electrons. The first-order chi connectivity index (χ1) is 21.7. The van der Waals surface area contributed by atoms with E-state index in [2.05, 4.69) is 42.8 Å². The standard InChI is InChI=1S/C32H36N10O3/c1-17-7-8-33-28(34-17)22-10-23(22)30(43)39-27-11-26(36-19(3)37-27)35-18(2)24-13-41-12-21(20-5-6-20)9-25(29(41)38-24)42-14-32(15-45-16-32)40(4)31(42)44/h7-9,11-13,18,20,22-23H,5-6,10,14-16H2,1-4H3,(H2,35,36,37,39,43)/t18-,22?,23?/m1/s1. The van der Waals surface area contributed by atoms with E-state index in [9.17, 15) is 9.59 Å². The molecule has 3 atom stereocenters. The molecule has 6 heterocycles. The average molecular weight is 609 g/mol. The number of nitrogens with one attached hydrogen (secondary N) is 2. The number of likely N-dealkylation sites (N-methyl/N-ethyl adjacent to an activating group) is 1. The molecule has 13 nitrogen and oxygen atoms in total. The molecule has 45 heavy (non-hydrogen) atoms. The van der Waals surface area contributed by atoms with Crippen molar-refractivity contribution >= 4 is 34.9 Å². The molecular weight excluding hydrogens is 572 g/mol. The van der Waals surface area contributed by atoms with Crippen molar-refractivity contribution in [2.24, 2.45) is 5.92 Å². The Morgan fingerprint density at radius 3 is 2.60 bits per heavy atom. The van der Waals surface area contributed by atoms with Crippen molar-refractivity contribution in [2.75, 3.05) is 42.3 Å². The number of pyridine rings is 1. The third-order valence-electron chi connectivity index (χ3n) is 9.50. The number of urea groups is 1. The van der Waals surface area contributed by atoms with Crippen molar-refractivity contribution in [1.82, 2.24) is 34.2 Å². The molecule has 1 spiro atoms. The number of carbonyl (C=O) groups is 2. The molecule has 2 saturated carbocycles. The maximum atomic E-state index is 13.4. The highest BCUT2D eigenvalue weighted by Crippen LogP contribution is 2.47. The number of aryl methyl sites for hydroxylation is 2. The lowest BCUT2D eigenvalue weighted by atomic mass is 9.97. The van der Waals surface area contributed by atoms with Crippen LogP contribution in [0.5, 0.6) is 0 Å². The van der Waals surface area contributed by atoms with Gasteiger partial charge in [-0.15, -0.1) is 0 Å². The van der Waals surface area contributed by atoms with Crippen LogP contribution in [-0.2, 0) is 9.53 Å². The number of rotatable bonds is 8. The Labute approximate surface area is 260 Å². The first kappa shape index (κ1) is 27.9. The van der Waals surface area contributed by atoms with Gasteiger partial charge in [0.15, 0.2) is 5.65 Å². The third kappa shape index (κ3) is 4.95. The van der Waals surface area contributed by atoms with Crippen molar-refractivity contribution in [3.8, 4) is 0 Å². The maximum absolute atomic E-state index is 13.4. The Morgan fingerprint density at radius 1 is 1.09 bits per heavy atom. The van der Waals surface area contributed by atoms with Crippen LogP contribution < -0.4 is 15.5 Å². The zero-order valence-electron chi connectivity index (χ0n) is 25.8. The molecule has 4 aliphatic rings. The minimum absolute atomic E-state index is 0.0228. The van der Waals surface area contributed by atoms with Gasteiger partial charge >= 0.3 is 6.03 Å². The predicted molar refractivity (Wildman–Crippen MR) is 166 cm³/mol. The predicted octanol–water partition coefficient (Wildman–Crippen LogP) is 3.96. The molecule has 232 valence electrons. The number of nitrogens with zero attached hydrogens (tertiary/aromatic N) is 8. The van der Waals surface area contributed by atoms with Crippen LogP contribution in [0.1, 0.15) is 72.7 Å². The highest BCUT2D eigenvalue weighted by Gasteiger charge is 2.54. The van der Waals surface area contributed by atoms with Gasteiger partial charge in [0.2, 0.25) is 5.91 Å². The van der Waals surface area contributed by atoms with E-state index >= 15 is 0 Å². The molecule has 0 aromatic carbocycles. The molecule has 13 heteroatoms. The fraction of sp³-hybridized carbons (Fsp3) is 0.469. The highest BCUT2D eigenvalue weighted by atomic mass is 16.5. The number of ether oxygens (including phenoxy) is 1. The van der Waals surface area contributed by atoms with E-state index in [4.69, 9.17) is 9.72 Å².